The van der Waals surface area contributed by atoms with Crippen LogP contribution in [0.1, 0.15) is 55.6 Å². The van der Waals surface area contributed by atoms with Crippen molar-refractivity contribution < 1.29 is 14.6 Å². The molecule has 5 nitrogen and oxygen atoms in total. The quantitative estimate of drug-likeness (QED) is 0.733. The monoisotopic (exact) mass is 418 g/mol. The number of rotatable bonds is 6. The Labute approximate surface area is 178 Å². The van der Waals surface area contributed by atoms with Crippen molar-refractivity contribution >= 4 is 11.3 Å². The molecule has 0 aliphatic carbocycles. The first-order chi connectivity index (χ1) is 13.7. The largest absolute Gasteiger partial charge is 0.497 e. The lowest BCUT2D eigenvalue weighted by atomic mass is 9.95. The first kappa shape index (κ1) is 22.1. The van der Waals surface area contributed by atoms with E-state index in [4.69, 9.17) is 14.5 Å². The summed E-state index contributed by atoms with van der Waals surface area (Å²) in [6.07, 6.45) is 2.48. The highest BCUT2D eigenvalue weighted by Crippen LogP contribution is 2.37. The van der Waals surface area contributed by atoms with Crippen LogP contribution in [-0.4, -0.2) is 41.7 Å². The standard InChI is InChI=1S/C23H34N2O3S/c1-17-20(15-28-19-9-7-18(27-5)8-10-19)29-21(24-17)23(26)11-6-13-25(14-12-23)16-22(2,3)4/h7-10,26H,6,11-16H2,1-5H3/t23-/m1/s1. The van der Waals surface area contributed by atoms with E-state index in [1.54, 1.807) is 18.4 Å². The third-order valence-corrected chi connectivity index (χ3v) is 6.65. The Balaban J connectivity index is 1.65. The summed E-state index contributed by atoms with van der Waals surface area (Å²) in [5, 5.41) is 12.2. The molecule has 1 saturated heterocycles. The van der Waals surface area contributed by atoms with Gasteiger partial charge in [0.25, 0.3) is 0 Å². The molecule has 0 saturated carbocycles. The maximum Gasteiger partial charge on any atom is 0.125 e. The second-order valence-corrected chi connectivity index (χ2v) is 10.3. The number of aryl methyl sites for hydroxylation is 1. The van der Waals surface area contributed by atoms with Crippen LogP contribution in [0.5, 0.6) is 11.5 Å². The molecule has 1 aromatic heterocycles. The van der Waals surface area contributed by atoms with Crippen LogP contribution >= 0.6 is 11.3 Å². The van der Waals surface area contributed by atoms with Gasteiger partial charge in [0.2, 0.25) is 0 Å². The number of hydrogen-bond donors (Lipinski definition) is 1. The fraction of sp³-hybridized carbons (Fsp3) is 0.609. The molecule has 0 spiro atoms. The third-order valence-electron chi connectivity index (χ3n) is 5.32. The Morgan fingerprint density at radius 3 is 2.48 bits per heavy atom. The summed E-state index contributed by atoms with van der Waals surface area (Å²) in [6.45, 7) is 12.3. The normalized spacial score (nSPS) is 21.0. The summed E-state index contributed by atoms with van der Waals surface area (Å²) < 4.78 is 11.1. The Bertz CT molecular complexity index is 797. The van der Waals surface area contributed by atoms with Gasteiger partial charge in [-0.2, -0.15) is 0 Å². The molecular weight excluding hydrogens is 384 g/mol. The molecule has 29 heavy (non-hydrogen) atoms. The maximum atomic E-state index is 11.4. The van der Waals surface area contributed by atoms with Gasteiger partial charge in [0.15, 0.2) is 0 Å². The number of methoxy groups -OCH3 is 1. The molecule has 1 aromatic carbocycles. The predicted octanol–water partition coefficient (Wildman–Crippen LogP) is 4.76. The molecule has 2 heterocycles. The van der Waals surface area contributed by atoms with Gasteiger partial charge in [-0.15, -0.1) is 11.3 Å². The highest BCUT2D eigenvalue weighted by molar-refractivity contribution is 7.11. The minimum absolute atomic E-state index is 0.270. The van der Waals surface area contributed by atoms with Gasteiger partial charge in [0.1, 0.15) is 28.7 Å². The summed E-state index contributed by atoms with van der Waals surface area (Å²) in [5.74, 6) is 1.61. The minimum atomic E-state index is -0.833. The SMILES string of the molecule is COc1ccc(OCc2sc([C@@]3(O)CCCN(CC(C)(C)C)CC3)nc2C)cc1. The van der Waals surface area contributed by atoms with E-state index in [0.717, 1.165) is 66.0 Å². The third kappa shape index (κ3) is 5.93. The highest BCUT2D eigenvalue weighted by Gasteiger charge is 2.36. The van der Waals surface area contributed by atoms with E-state index in [0.29, 0.717) is 6.61 Å². The number of nitrogens with zero attached hydrogens (tertiary/aromatic N) is 2. The van der Waals surface area contributed by atoms with Crippen molar-refractivity contribution in [3.8, 4) is 11.5 Å². The summed E-state index contributed by atoms with van der Waals surface area (Å²) in [6, 6.07) is 7.58. The van der Waals surface area contributed by atoms with E-state index < -0.39 is 5.60 Å². The van der Waals surface area contributed by atoms with Crippen molar-refractivity contribution in [2.45, 2.75) is 59.2 Å². The number of likely N-dealkylation sites (tertiary alicyclic amines) is 1. The number of thiazole rings is 1. The number of ether oxygens (including phenoxy) is 2. The molecule has 0 amide bonds. The molecule has 1 aliphatic rings. The van der Waals surface area contributed by atoms with Gasteiger partial charge in [0, 0.05) is 13.1 Å². The zero-order valence-corrected chi connectivity index (χ0v) is 19.1. The van der Waals surface area contributed by atoms with Crippen LogP contribution in [0.4, 0.5) is 0 Å². The van der Waals surface area contributed by atoms with Gasteiger partial charge < -0.3 is 19.5 Å². The average molecular weight is 419 g/mol. The Hall–Kier alpha value is -1.63. The first-order valence-electron chi connectivity index (χ1n) is 10.4. The number of hydrogen-bond acceptors (Lipinski definition) is 6. The van der Waals surface area contributed by atoms with Gasteiger partial charge in [0.05, 0.1) is 17.7 Å². The van der Waals surface area contributed by atoms with E-state index in [-0.39, 0.29) is 5.41 Å². The van der Waals surface area contributed by atoms with Crippen LogP contribution in [0, 0.1) is 12.3 Å². The lowest BCUT2D eigenvalue weighted by molar-refractivity contribution is 0.0200. The molecule has 0 unspecified atom stereocenters. The van der Waals surface area contributed by atoms with Gasteiger partial charge in [-0.1, -0.05) is 20.8 Å². The van der Waals surface area contributed by atoms with Crippen LogP contribution in [-0.2, 0) is 12.2 Å². The molecule has 1 N–H and O–H groups in total. The fourth-order valence-electron chi connectivity index (χ4n) is 3.80. The maximum absolute atomic E-state index is 11.4. The topological polar surface area (TPSA) is 54.8 Å². The van der Waals surface area contributed by atoms with Crippen LogP contribution in [0.25, 0.3) is 0 Å². The number of aliphatic hydroxyl groups is 1. The zero-order chi connectivity index (χ0) is 21.1. The fourth-order valence-corrected chi connectivity index (χ4v) is 4.92. The number of benzene rings is 1. The Morgan fingerprint density at radius 1 is 1.14 bits per heavy atom. The van der Waals surface area contributed by atoms with E-state index in [1.807, 2.05) is 31.2 Å². The van der Waals surface area contributed by atoms with Crippen LogP contribution in [0.15, 0.2) is 24.3 Å². The van der Waals surface area contributed by atoms with Crippen LogP contribution < -0.4 is 9.47 Å². The van der Waals surface area contributed by atoms with E-state index in [9.17, 15) is 5.11 Å². The molecule has 2 aromatic rings. The predicted molar refractivity (Wildman–Crippen MR) is 118 cm³/mol. The minimum Gasteiger partial charge on any atom is -0.497 e. The molecule has 1 aliphatic heterocycles. The summed E-state index contributed by atoms with van der Waals surface area (Å²) >= 11 is 1.59. The summed E-state index contributed by atoms with van der Waals surface area (Å²) in [4.78, 5) is 8.28. The van der Waals surface area contributed by atoms with Gasteiger partial charge >= 0.3 is 0 Å². The Morgan fingerprint density at radius 2 is 1.83 bits per heavy atom. The van der Waals surface area contributed by atoms with Crippen LogP contribution in [0.3, 0.4) is 0 Å². The molecule has 6 heteroatoms. The van der Waals surface area contributed by atoms with Gasteiger partial charge in [-0.25, -0.2) is 4.98 Å². The molecule has 160 valence electrons. The highest BCUT2D eigenvalue weighted by atomic mass is 32.1. The van der Waals surface area contributed by atoms with Gasteiger partial charge in [-0.3, -0.25) is 0 Å². The Kier molecular flexibility index (Phi) is 6.87. The average Bonchev–Trinajstić information content (AvgIpc) is 2.95. The van der Waals surface area contributed by atoms with E-state index in [2.05, 4.69) is 25.7 Å². The first-order valence-corrected chi connectivity index (χ1v) is 11.2. The zero-order valence-electron chi connectivity index (χ0n) is 18.3. The lowest BCUT2D eigenvalue weighted by Gasteiger charge is -2.29. The molecule has 3 rings (SSSR count). The van der Waals surface area contributed by atoms with Crippen molar-refractivity contribution in [2.75, 3.05) is 26.7 Å². The molecular formula is C23H34N2O3S. The van der Waals surface area contributed by atoms with Crippen molar-refractivity contribution in [3.05, 3.63) is 39.8 Å². The molecule has 0 bridgehead atoms. The van der Waals surface area contributed by atoms with Crippen molar-refractivity contribution in [1.82, 2.24) is 9.88 Å². The van der Waals surface area contributed by atoms with Gasteiger partial charge in [-0.05, 0) is 62.4 Å². The van der Waals surface area contributed by atoms with Crippen molar-refractivity contribution in [3.63, 3.8) is 0 Å². The number of aromatic nitrogens is 1. The lowest BCUT2D eigenvalue weighted by Crippen LogP contribution is -2.34. The van der Waals surface area contributed by atoms with Crippen LogP contribution in [0.2, 0.25) is 0 Å². The van der Waals surface area contributed by atoms with E-state index in [1.165, 1.54) is 0 Å². The van der Waals surface area contributed by atoms with Crippen molar-refractivity contribution in [2.24, 2.45) is 5.41 Å². The second-order valence-electron chi connectivity index (χ2n) is 9.21. The second kappa shape index (κ2) is 9.02. The molecule has 0 radical (unpaired) electrons. The molecule has 1 atom stereocenters. The molecule has 1 fully saturated rings. The van der Waals surface area contributed by atoms with E-state index >= 15 is 0 Å². The summed E-state index contributed by atoms with van der Waals surface area (Å²) in [7, 11) is 1.65. The summed E-state index contributed by atoms with van der Waals surface area (Å²) in [5.41, 5.74) is 0.384. The smallest absolute Gasteiger partial charge is 0.125 e. The van der Waals surface area contributed by atoms with Crippen molar-refractivity contribution in [1.29, 1.82) is 0 Å².